The van der Waals surface area contributed by atoms with Crippen molar-refractivity contribution >= 4 is 28.5 Å². The third kappa shape index (κ3) is 3.50. The van der Waals surface area contributed by atoms with Gasteiger partial charge in [0.2, 0.25) is 11.8 Å². The summed E-state index contributed by atoms with van der Waals surface area (Å²) in [5, 5.41) is 6.49. The van der Waals surface area contributed by atoms with Crippen LogP contribution in [0.2, 0.25) is 0 Å². The first-order valence-corrected chi connectivity index (χ1v) is 8.72. The van der Waals surface area contributed by atoms with Crippen LogP contribution in [0.4, 0.5) is 11.6 Å². The summed E-state index contributed by atoms with van der Waals surface area (Å²) in [5.74, 6) is 1.75. The maximum Gasteiger partial charge on any atom is 0.255 e. The third-order valence-corrected chi connectivity index (χ3v) is 4.17. The van der Waals surface area contributed by atoms with Gasteiger partial charge in [-0.05, 0) is 31.2 Å². The third-order valence-electron chi connectivity index (χ3n) is 4.17. The number of fused-ring (bicyclic) bond motifs is 1. The van der Waals surface area contributed by atoms with Gasteiger partial charge >= 0.3 is 0 Å². The fourth-order valence-corrected chi connectivity index (χ4v) is 2.90. The highest BCUT2D eigenvalue weighted by molar-refractivity contribution is 6.07. The van der Waals surface area contributed by atoms with Crippen LogP contribution >= 0.6 is 0 Å². The summed E-state index contributed by atoms with van der Waals surface area (Å²) in [6, 6.07) is 16.6. The molecule has 4 aromatic rings. The van der Waals surface area contributed by atoms with Crippen molar-refractivity contribution in [3.05, 3.63) is 72.1 Å². The standard InChI is InChI=1S/C21H18N4O3/c1-13-19(20(26)22-2)16-9-8-15(12-17(16)27-13)28-18-10-11-23-21(25-18)24-14-6-4-3-5-7-14/h3-12H,1-2H3,(H,22,26)(H,23,24,25). The molecule has 28 heavy (non-hydrogen) atoms. The highest BCUT2D eigenvalue weighted by atomic mass is 16.5. The van der Waals surface area contributed by atoms with Gasteiger partial charge in [0.15, 0.2) is 0 Å². The number of anilines is 2. The number of carbonyl (C=O) groups excluding carboxylic acids is 1. The van der Waals surface area contributed by atoms with Crippen LogP contribution in [-0.4, -0.2) is 22.9 Å². The maximum absolute atomic E-state index is 12.0. The number of aromatic nitrogens is 2. The smallest absolute Gasteiger partial charge is 0.255 e. The monoisotopic (exact) mass is 374 g/mol. The van der Waals surface area contributed by atoms with Crippen LogP contribution in [0.5, 0.6) is 11.6 Å². The van der Waals surface area contributed by atoms with Crippen molar-refractivity contribution in [1.29, 1.82) is 0 Å². The van der Waals surface area contributed by atoms with Crippen molar-refractivity contribution in [3.63, 3.8) is 0 Å². The molecular weight excluding hydrogens is 356 g/mol. The summed E-state index contributed by atoms with van der Waals surface area (Å²) in [5.41, 5.74) is 1.99. The lowest BCUT2D eigenvalue weighted by Crippen LogP contribution is -2.18. The van der Waals surface area contributed by atoms with Crippen LogP contribution in [0.1, 0.15) is 16.1 Å². The lowest BCUT2D eigenvalue weighted by atomic mass is 10.1. The van der Waals surface area contributed by atoms with E-state index in [9.17, 15) is 4.79 Å². The number of ether oxygens (including phenoxy) is 1. The molecule has 0 bridgehead atoms. The second kappa shape index (κ2) is 7.40. The van der Waals surface area contributed by atoms with Crippen molar-refractivity contribution in [1.82, 2.24) is 15.3 Å². The molecule has 2 aromatic heterocycles. The fourth-order valence-electron chi connectivity index (χ4n) is 2.90. The largest absolute Gasteiger partial charge is 0.460 e. The van der Waals surface area contributed by atoms with Crippen molar-refractivity contribution < 1.29 is 13.9 Å². The van der Waals surface area contributed by atoms with Crippen LogP contribution in [0.15, 0.2) is 65.2 Å². The highest BCUT2D eigenvalue weighted by Gasteiger charge is 2.17. The molecule has 2 N–H and O–H groups in total. The number of hydrogen-bond donors (Lipinski definition) is 2. The highest BCUT2D eigenvalue weighted by Crippen LogP contribution is 2.30. The molecule has 7 heteroatoms. The van der Waals surface area contributed by atoms with Crippen LogP contribution in [0.3, 0.4) is 0 Å². The number of para-hydroxylation sites is 1. The summed E-state index contributed by atoms with van der Waals surface area (Å²) >= 11 is 0. The van der Waals surface area contributed by atoms with Gasteiger partial charge in [-0.25, -0.2) is 4.98 Å². The molecule has 2 heterocycles. The van der Waals surface area contributed by atoms with Gasteiger partial charge in [-0.15, -0.1) is 0 Å². The van der Waals surface area contributed by atoms with Crippen molar-refractivity contribution in [2.75, 3.05) is 12.4 Å². The van der Waals surface area contributed by atoms with E-state index in [4.69, 9.17) is 9.15 Å². The first-order chi connectivity index (χ1) is 13.6. The van der Waals surface area contributed by atoms with Gasteiger partial charge in [0.1, 0.15) is 17.1 Å². The Bertz CT molecular complexity index is 1140. The van der Waals surface area contributed by atoms with E-state index in [1.54, 1.807) is 44.4 Å². The number of aryl methyl sites for hydroxylation is 1. The van der Waals surface area contributed by atoms with Crippen LogP contribution in [0, 0.1) is 6.92 Å². The maximum atomic E-state index is 12.0. The minimum absolute atomic E-state index is 0.183. The van der Waals surface area contributed by atoms with E-state index in [0.717, 1.165) is 11.1 Å². The first-order valence-electron chi connectivity index (χ1n) is 8.72. The Morgan fingerprint density at radius 3 is 2.71 bits per heavy atom. The molecule has 0 atom stereocenters. The minimum atomic E-state index is -0.183. The van der Waals surface area contributed by atoms with Gasteiger partial charge in [0.05, 0.1) is 5.56 Å². The van der Waals surface area contributed by atoms with E-state index in [-0.39, 0.29) is 5.91 Å². The van der Waals surface area contributed by atoms with E-state index >= 15 is 0 Å². The minimum Gasteiger partial charge on any atom is -0.460 e. The Hall–Kier alpha value is -3.87. The van der Waals surface area contributed by atoms with Gasteiger partial charge < -0.3 is 19.8 Å². The lowest BCUT2D eigenvalue weighted by molar-refractivity contribution is 0.0963. The quantitative estimate of drug-likeness (QED) is 0.537. The zero-order chi connectivity index (χ0) is 19.5. The molecule has 140 valence electrons. The average molecular weight is 374 g/mol. The predicted molar refractivity (Wildman–Crippen MR) is 106 cm³/mol. The Balaban J connectivity index is 1.58. The Morgan fingerprint density at radius 2 is 1.93 bits per heavy atom. The molecule has 2 aromatic carbocycles. The number of carbonyl (C=O) groups is 1. The normalized spacial score (nSPS) is 10.6. The number of hydrogen-bond acceptors (Lipinski definition) is 6. The Kier molecular flexibility index (Phi) is 4.63. The summed E-state index contributed by atoms with van der Waals surface area (Å²) in [6.45, 7) is 1.76. The zero-order valence-electron chi connectivity index (χ0n) is 15.4. The van der Waals surface area contributed by atoms with Crippen LogP contribution in [0.25, 0.3) is 11.0 Å². The molecule has 7 nitrogen and oxygen atoms in total. The van der Waals surface area contributed by atoms with Crippen molar-refractivity contribution in [2.24, 2.45) is 0 Å². The molecule has 1 amide bonds. The molecule has 0 saturated heterocycles. The number of amides is 1. The van der Waals surface area contributed by atoms with Crippen LogP contribution < -0.4 is 15.4 Å². The number of furan rings is 1. The second-order valence-electron chi connectivity index (χ2n) is 6.08. The molecule has 0 fully saturated rings. The molecule has 0 aliphatic carbocycles. The Labute approximate surface area is 161 Å². The van der Waals surface area contributed by atoms with E-state index in [1.807, 2.05) is 30.3 Å². The summed E-state index contributed by atoms with van der Waals surface area (Å²) in [7, 11) is 1.59. The number of rotatable bonds is 5. The van der Waals surface area contributed by atoms with Gasteiger partial charge in [-0.3, -0.25) is 4.79 Å². The van der Waals surface area contributed by atoms with E-state index in [2.05, 4.69) is 20.6 Å². The van der Waals surface area contributed by atoms with Crippen LogP contribution in [-0.2, 0) is 0 Å². The van der Waals surface area contributed by atoms with Gasteiger partial charge in [0.25, 0.3) is 5.91 Å². The molecule has 0 unspecified atom stereocenters. The number of nitrogens with zero attached hydrogens (tertiary/aromatic N) is 2. The first kappa shape index (κ1) is 17.5. The van der Waals surface area contributed by atoms with E-state index in [1.165, 1.54) is 0 Å². The molecular formula is C21H18N4O3. The van der Waals surface area contributed by atoms with E-state index in [0.29, 0.717) is 34.5 Å². The zero-order valence-corrected chi connectivity index (χ0v) is 15.4. The van der Waals surface area contributed by atoms with Crippen molar-refractivity contribution in [2.45, 2.75) is 6.92 Å². The SMILES string of the molecule is CNC(=O)c1c(C)oc2cc(Oc3ccnc(Nc4ccccc4)n3)ccc12. The lowest BCUT2D eigenvalue weighted by Gasteiger charge is -2.07. The molecule has 0 spiro atoms. The second-order valence-corrected chi connectivity index (χ2v) is 6.08. The van der Waals surface area contributed by atoms with Gasteiger partial charge in [-0.1, -0.05) is 18.2 Å². The van der Waals surface area contributed by atoms with E-state index < -0.39 is 0 Å². The Morgan fingerprint density at radius 1 is 1.11 bits per heavy atom. The molecule has 0 aliphatic heterocycles. The van der Waals surface area contributed by atoms with Gasteiger partial charge in [0, 0.05) is 36.5 Å². The molecule has 4 rings (SSSR count). The summed E-state index contributed by atoms with van der Waals surface area (Å²) in [6.07, 6.45) is 1.62. The van der Waals surface area contributed by atoms with Crippen molar-refractivity contribution in [3.8, 4) is 11.6 Å². The summed E-state index contributed by atoms with van der Waals surface area (Å²) < 4.78 is 11.6. The molecule has 0 aliphatic rings. The fraction of sp³-hybridized carbons (Fsp3) is 0.0952. The predicted octanol–water partition coefficient (Wildman–Crippen LogP) is 4.43. The number of benzene rings is 2. The van der Waals surface area contributed by atoms with Gasteiger partial charge in [-0.2, -0.15) is 4.98 Å². The number of nitrogens with one attached hydrogen (secondary N) is 2. The topological polar surface area (TPSA) is 89.3 Å². The molecule has 0 saturated carbocycles. The summed E-state index contributed by atoms with van der Waals surface area (Å²) in [4.78, 5) is 20.6. The average Bonchev–Trinajstić information content (AvgIpc) is 3.03. The molecule has 0 radical (unpaired) electrons.